The molecule has 0 aliphatic heterocycles. The third-order valence-electron chi connectivity index (χ3n) is 1.30. The smallest absolute Gasteiger partial charge is 0.274 e. The number of nitrogens with zero attached hydrogens (tertiary/aromatic N) is 2. The van der Waals surface area contributed by atoms with Gasteiger partial charge < -0.3 is 0 Å². The number of carbonyl (C=O) groups excluding carboxylic acids is 3. The number of rotatable bonds is 3. The van der Waals surface area contributed by atoms with E-state index in [9.17, 15) is 14.4 Å². The second kappa shape index (κ2) is 4.65. The number of halogens is 3. The van der Waals surface area contributed by atoms with Gasteiger partial charge in [-0.25, -0.2) is 9.97 Å². The number of carbonyl (C=O) groups is 3. The van der Waals surface area contributed by atoms with Crippen molar-refractivity contribution in [2.24, 2.45) is 0 Å². The summed E-state index contributed by atoms with van der Waals surface area (Å²) in [6.45, 7) is 0. The summed E-state index contributed by atoms with van der Waals surface area (Å²) in [7, 11) is 0. The van der Waals surface area contributed by atoms with Crippen LogP contribution in [0.2, 0.25) is 0 Å². The highest BCUT2D eigenvalue weighted by Gasteiger charge is 2.16. The zero-order valence-electron chi connectivity index (χ0n) is 6.83. The van der Waals surface area contributed by atoms with Gasteiger partial charge in [-0.1, -0.05) is 0 Å². The molecule has 78 valence electrons. The Labute approximate surface area is 98.4 Å². The lowest BCUT2D eigenvalue weighted by Crippen LogP contribution is -2.09. The molecule has 1 aromatic rings. The lowest BCUT2D eigenvalue weighted by Gasteiger charge is -1.98. The van der Waals surface area contributed by atoms with Crippen LogP contribution in [0.15, 0.2) is 6.07 Å². The first-order chi connectivity index (χ1) is 6.91. The molecule has 0 aromatic carbocycles. The molecule has 1 heterocycles. The number of aromatic nitrogens is 2. The number of hydrogen-bond acceptors (Lipinski definition) is 5. The van der Waals surface area contributed by atoms with E-state index in [0.29, 0.717) is 0 Å². The van der Waals surface area contributed by atoms with Crippen LogP contribution in [0.25, 0.3) is 0 Å². The van der Waals surface area contributed by atoms with E-state index in [2.05, 4.69) is 9.97 Å². The van der Waals surface area contributed by atoms with Crippen molar-refractivity contribution >= 4 is 50.5 Å². The van der Waals surface area contributed by atoms with Crippen LogP contribution in [0.3, 0.4) is 0 Å². The minimum Gasteiger partial charge on any atom is -0.274 e. The Morgan fingerprint density at radius 3 is 1.53 bits per heavy atom. The van der Waals surface area contributed by atoms with Gasteiger partial charge in [0.1, 0.15) is 11.4 Å². The molecule has 0 aliphatic carbocycles. The third kappa shape index (κ3) is 2.95. The molecular formula is C7HCl3N2O3. The zero-order valence-corrected chi connectivity index (χ0v) is 9.10. The Hall–Kier alpha value is -1.04. The van der Waals surface area contributed by atoms with Crippen molar-refractivity contribution in [3.05, 3.63) is 23.3 Å². The molecule has 0 aliphatic rings. The second-order valence-electron chi connectivity index (χ2n) is 2.28. The van der Waals surface area contributed by atoms with E-state index in [1.165, 1.54) is 0 Å². The van der Waals surface area contributed by atoms with E-state index in [0.717, 1.165) is 6.07 Å². The van der Waals surface area contributed by atoms with Crippen molar-refractivity contribution in [3.63, 3.8) is 0 Å². The van der Waals surface area contributed by atoms with Crippen LogP contribution in [0, 0.1) is 0 Å². The van der Waals surface area contributed by atoms with E-state index in [-0.39, 0.29) is 11.4 Å². The molecule has 0 atom stereocenters. The lowest BCUT2D eigenvalue weighted by atomic mass is 10.3. The van der Waals surface area contributed by atoms with Crippen molar-refractivity contribution < 1.29 is 14.4 Å². The Kier molecular flexibility index (Phi) is 3.73. The molecule has 0 saturated heterocycles. The number of hydrogen-bond donors (Lipinski definition) is 0. The van der Waals surface area contributed by atoms with Crippen molar-refractivity contribution in [3.8, 4) is 0 Å². The largest absolute Gasteiger partial charge is 0.289 e. The molecular weight excluding hydrogens is 266 g/mol. The molecule has 15 heavy (non-hydrogen) atoms. The molecule has 0 amide bonds. The maximum atomic E-state index is 10.8. The summed E-state index contributed by atoms with van der Waals surface area (Å²) < 4.78 is 0. The molecule has 5 nitrogen and oxygen atoms in total. The molecule has 0 radical (unpaired) electrons. The van der Waals surface area contributed by atoms with E-state index in [4.69, 9.17) is 34.8 Å². The molecule has 0 spiro atoms. The van der Waals surface area contributed by atoms with Gasteiger partial charge >= 0.3 is 0 Å². The maximum Gasteiger partial charge on any atom is 0.289 e. The SMILES string of the molecule is O=C(Cl)c1cc(C(=O)Cl)nc(C(=O)Cl)n1. The van der Waals surface area contributed by atoms with Crippen LogP contribution in [-0.2, 0) is 0 Å². The summed E-state index contributed by atoms with van der Waals surface area (Å²) in [5.41, 5.74) is -0.640. The minimum absolute atomic E-state index is 0.320. The van der Waals surface area contributed by atoms with Gasteiger partial charge in [-0.3, -0.25) is 14.4 Å². The van der Waals surface area contributed by atoms with Gasteiger partial charge in [0.15, 0.2) is 0 Å². The van der Waals surface area contributed by atoms with Crippen LogP contribution < -0.4 is 0 Å². The predicted octanol–water partition coefficient (Wildman–Crippen LogP) is 1.61. The Morgan fingerprint density at radius 2 is 1.27 bits per heavy atom. The van der Waals surface area contributed by atoms with Crippen LogP contribution in [0.5, 0.6) is 0 Å². The molecule has 0 N–H and O–H groups in total. The average Bonchev–Trinajstić information content (AvgIpc) is 2.16. The molecule has 1 aromatic heterocycles. The topological polar surface area (TPSA) is 77.0 Å². The van der Waals surface area contributed by atoms with Gasteiger partial charge in [-0.2, -0.15) is 0 Å². The van der Waals surface area contributed by atoms with Gasteiger partial charge in [-0.15, -0.1) is 0 Å². The van der Waals surface area contributed by atoms with Crippen LogP contribution in [-0.4, -0.2) is 25.7 Å². The summed E-state index contributed by atoms with van der Waals surface area (Å²) in [6, 6.07) is 0.966. The van der Waals surface area contributed by atoms with Crippen molar-refractivity contribution in [2.45, 2.75) is 0 Å². The Balaban J connectivity index is 3.39. The molecule has 0 saturated carbocycles. The van der Waals surface area contributed by atoms with Gasteiger partial charge in [0.25, 0.3) is 15.7 Å². The summed E-state index contributed by atoms with van der Waals surface area (Å²) in [6.07, 6.45) is 0. The van der Waals surface area contributed by atoms with E-state index in [1.807, 2.05) is 0 Å². The van der Waals surface area contributed by atoms with E-state index in [1.54, 1.807) is 0 Å². The minimum atomic E-state index is -1.02. The Bertz CT molecular complexity index is 382. The van der Waals surface area contributed by atoms with Gasteiger partial charge in [0.05, 0.1) is 0 Å². The second-order valence-corrected chi connectivity index (χ2v) is 3.31. The quantitative estimate of drug-likeness (QED) is 0.778. The van der Waals surface area contributed by atoms with E-state index >= 15 is 0 Å². The molecule has 0 bridgehead atoms. The van der Waals surface area contributed by atoms with Crippen LogP contribution in [0.1, 0.15) is 31.6 Å². The molecule has 0 unspecified atom stereocenters. The van der Waals surface area contributed by atoms with Crippen LogP contribution >= 0.6 is 34.8 Å². The highest BCUT2D eigenvalue weighted by molar-refractivity contribution is 6.69. The third-order valence-corrected chi connectivity index (χ3v) is 1.86. The zero-order chi connectivity index (χ0) is 11.6. The van der Waals surface area contributed by atoms with Gasteiger partial charge in [-0.05, 0) is 40.9 Å². The predicted molar refractivity (Wildman–Crippen MR) is 52.6 cm³/mol. The molecule has 1 rings (SSSR count). The van der Waals surface area contributed by atoms with Crippen molar-refractivity contribution in [1.82, 2.24) is 9.97 Å². The maximum absolute atomic E-state index is 10.8. The molecule has 0 fully saturated rings. The fourth-order valence-corrected chi connectivity index (χ4v) is 1.01. The first-order valence-corrected chi connectivity index (χ1v) is 4.53. The van der Waals surface area contributed by atoms with E-state index < -0.39 is 21.6 Å². The molecule has 8 heteroatoms. The van der Waals surface area contributed by atoms with Gasteiger partial charge in [0.2, 0.25) is 5.82 Å². The average molecular weight is 267 g/mol. The highest BCUT2D eigenvalue weighted by Crippen LogP contribution is 2.08. The summed E-state index contributed by atoms with van der Waals surface area (Å²) in [4.78, 5) is 39.1. The fraction of sp³-hybridized carbons (Fsp3) is 0. The summed E-state index contributed by atoms with van der Waals surface area (Å²) in [5.74, 6) is -0.507. The Morgan fingerprint density at radius 1 is 0.867 bits per heavy atom. The fourth-order valence-electron chi connectivity index (χ4n) is 0.737. The van der Waals surface area contributed by atoms with Gasteiger partial charge in [0, 0.05) is 0 Å². The highest BCUT2D eigenvalue weighted by atomic mass is 35.5. The lowest BCUT2D eigenvalue weighted by molar-refractivity contribution is 0.106. The summed E-state index contributed by atoms with van der Waals surface area (Å²) >= 11 is 15.3. The standard InChI is InChI=1S/C7HCl3N2O3/c8-4(13)2-1-3(5(9)14)12-7(11-2)6(10)15/h1H. The van der Waals surface area contributed by atoms with Crippen molar-refractivity contribution in [2.75, 3.05) is 0 Å². The van der Waals surface area contributed by atoms with Crippen molar-refractivity contribution in [1.29, 1.82) is 0 Å². The monoisotopic (exact) mass is 266 g/mol. The summed E-state index contributed by atoms with van der Waals surface area (Å²) in [5, 5.41) is -2.92. The first-order valence-electron chi connectivity index (χ1n) is 3.40. The van der Waals surface area contributed by atoms with Crippen LogP contribution in [0.4, 0.5) is 0 Å². The normalized spacial score (nSPS) is 9.80. The first kappa shape index (κ1) is 12.0.